The molecule has 1 aliphatic heterocycles. The smallest absolute Gasteiger partial charge is 0.200 e. The first-order chi connectivity index (χ1) is 39.1. The number of nitrogens with zero attached hydrogens (tertiary/aromatic N) is 4. The first kappa shape index (κ1) is 58.6. The van der Waals surface area contributed by atoms with E-state index >= 15 is 22.0 Å². The number of anilines is 4. The van der Waals surface area contributed by atoms with Crippen molar-refractivity contribution in [1.82, 2.24) is 9.55 Å². The molecule has 0 saturated heterocycles. The molecule has 0 atom stereocenters. The number of benzene rings is 8. The van der Waals surface area contributed by atoms with Gasteiger partial charge >= 0.3 is 0 Å². The Hall–Kier alpha value is -7.55. The van der Waals surface area contributed by atoms with Gasteiger partial charge in [-0.15, -0.1) is 53.6 Å². The Bertz CT molecular complexity index is 4070. The second-order valence-corrected chi connectivity index (χ2v) is 24.1. The molecule has 0 bridgehead atoms. The zero-order valence-electron chi connectivity index (χ0n) is 48.8. The predicted octanol–water partition coefficient (Wildman–Crippen LogP) is 20.6. The molecule has 1 aliphatic rings. The zero-order valence-corrected chi connectivity index (χ0v) is 51.1. The second kappa shape index (κ2) is 22.6. The number of fused-ring (bicyclic) bond motifs is 4. The van der Waals surface area contributed by atoms with E-state index in [0.29, 0.717) is 39.7 Å². The van der Waals surface area contributed by atoms with Gasteiger partial charge in [0.05, 0.1) is 5.56 Å². The van der Waals surface area contributed by atoms with E-state index < -0.39 is 40.1 Å². The van der Waals surface area contributed by atoms with Crippen molar-refractivity contribution in [2.75, 3.05) is 9.80 Å². The van der Waals surface area contributed by atoms with E-state index in [2.05, 4.69) is 140 Å². The maximum atomic E-state index is 16.8. The fourth-order valence-electron chi connectivity index (χ4n) is 11.3. The van der Waals surface area contributed by atoms with Crippen molar-refractivity contribution in [3.8, 4) is 50.7 Å². The third-order valence-corrected chi connectivity index (χ3v) is 15.9. The van der Waals surface area contributed by atoms with Gasteiger partial charge in [-0.2, -0.15) is 6.07 Å². The van der Waals surface area contributed by atoms with Crippen LogP contribution >= 0.6 is 0 Å². The summed E-state index contributed by atoms with van der Waals surface area (Å²) in [6.07, 6.45) is 3.35. The van der Waals surface area contributed by atoms with Gasteiger partial charge in [-0.05, 0) is 128 Å². The molecule has 2 aromatic heterocycles. The molecule has 11 heteroatoms. The van der Waals surface area contributed by atoms with E-state index in [1.165, 1.54) is 0 Å². The minimum absolute atomic E-state index is 0. The molecule has 10 aromatic rings. The number of hydrogen-bond donors (Lipinski definition) is 0. The minimum Gasteiger partial charge on any atom is -0.509 e. The van der Waals surface area contributed by atoms with Gasteiger partial charge in [-0.1, -0.05) is 155 Å². The number of aromatic nitrogens is 2. The van der Waals surface area contributed by atoms with E-state index in [1.807, 2.05) is 110 Å². The molecule has 0 spiro atoms. The average Bonchev–Trinajstić information content (AvgIpc) is 2.16. The van der Waals surface area contributed by atoms with Crippen molar-refractivity contribution in [3.05, 3.63) is 221 Å². The van der Waals surface area contributed by atoms with Crippen LogP contribution in [0.2, 0.25) is 0 Å². The molecule has 0 aliphatic carbocycles. The Morgan fingerprint density at radius 2 is 1.13 bits per heavy atom. The Morgan fingerprint density at radius 3 is 1.75 bits per heavy atom. The van der Waals surface area contributed by atoms with E-state index in [-0.39, 0.29) is 49.6 Å². The third-order valence-electron chi connectivity index (χ3n) is 15.9. The second-order valence-electron chi connectivity index (χ2n) is 24.1. The molecule has 8 aromatic carbocycles. The molecule has 0 N–H and O–H groups in total. The summed E-state index contributed by atoms with van der Waals surface area (Å²) in [5.41, 5.74) is 11.1. The van der Waals surface area contributed by atoms with E-state index in [1.54, 1.807) is 6.07 Å². The van der Waals surface area contributed by atoms with E-state index in [9.17, 15) is 0 Å². The molecule has 0 unspecified atom stereocenters. The molecular formula is C72H66F5N4OPt-3. The van der Waals surface area contributed by atoms with Crippen molar-refractivity contribution in [3.63, 3.8) is 0 Å². The quantitative estimate of drug-likeness (QED) is 0.0528. The van der Waals surface area contributed by atoms with Crippen LogP contribution in [-0.4, -0.2) is 9.55 Å². The summed E-state index contributed by atoms with van der Waals surface area (Å²) < 4.78 is 89.2. The number of aryl methyl sites for hydroxylation is 2. The van der Waals surface area contributed by atoms with Gasteiger partial charge in [0.1, 0.15) is 5.82 Å². The van der Waals surface area contributed by atoms with Crippen molar-refractivity contribution in [2.24, 2.45) is 0 Å². The molecule has 3 heterocycles. The normalized spacial score (nSPS) is 12.8. The Morgan fingerprint density at radius 1 is 0.542 bits per heavy atom. The molecule has 5 nitrogen and oxygen atoms in total. The minimum atomic E-state index is -2.23. The Labute approximate surface area is 499 Å². The predicted molar refractivity (Wildman–Crippen MR) is 325 cm³/mol. The van der Waals surface area contributed by atoms with Crippen LogP contribution in [0.15, 0.2) is 140 Å². The van der Waals surface area contributed by atoms with Crippen LogP contribution in [0, 0.1) is 47.9 Å². The van der Waals surface area contributed by atoms with Crippen LogP contribution in [0.3, 0.4) is 0 Å². The molecule has 0 fully saturated rings. The summed E-state index contributed by atoms with van der Waals surface area (Å²) in [7, 11) is 0. The summed E-state index contributed by atoms with van der Waals surface area (Å²) in [5, 5.41) is 2.02. The first-order valence-corrected chi connectivity index (χ1v) is 28.2. The van der Waals surface area contributed by atoms with Crippen LogP contribution in [0.4, 0.5) is 44.7 Å². The summed E-state index contributed by atoms with van der Waals surface area (Å²) in [5.74, 6) is -8.36. The maximum Gasteiger partial charge on any atom is 0.200 e. The monoisotopic (exact) mass is 1290 g/mol. The summed E-state index contributed by atoms with van der Waals surface area (Å²) in [4.78, 5) is 8.64. The topological polar surface area (TPSA) is 33.5 Å². The van der Waals surface area contributed by atoms with E-state index in [4.69, 9.17) is 9.72 Å². The van der Waals surface area contributed by atoms with Crippen molar-refractivity contribution in [1.29, 1.82) is 0 Å². The van der Waals surface area contributed by atoms with Crippen LogP contribution < -0.4 is 14.5 Å². The number of halogens is 5. The summed E-state index contributed by atoms with van der Waals surface area (Å²) >= 11 is 0. The molecule has 11 rings (SSSR count). The number of rotatable bonds is 12. The Balaban J connectivity index is 0.00000769. The van der Waals surface area contributed by atoms with Crippen molar-refractivity contribution >= 4 is 44.6 Å². The van der Waals surface area contributed by atoms with Crippen LogP contribution in [-0.2, 0) is 44.7 Å². The molecular weight excluding hydrogens is 1230 g/mol. The molecule has 83 heavy (non-hydrogen) atoms. The first-order valence-electron chi connectivity index (χ1n) is 28.2. The zero-order chi connectivity index (χ0) is 58.3. The standard InChI is InChI=1S/C72H66F5N4O.Pt/c1-13-43-20-19-21-44(14-2)63(43)48-33-51(38-53(34-48)82-52-26-27-55-54-22-15-16-23-58(54)81(61(55)39-52)62-37-49(28-29-78-62)71(7,8)9)79-40-80(60-25-18-17-24-59(60)79)70-56(47-31-45(41(3)4)30-46(32-47)42(5)6)35-50(72(10,11)12)36-57(70)64-65(73)67(75)69(77)68(76)66(64)74;/h15-37,40-42H,13-14H2,1-12H3;/q-3;. The summed E-state index contributed by atoms with van der Waals surface area (Å²) in [6.45, 7) is 26.9. The van der Waals surface area contributed by atoms with Crippen LogP contribution in [0.1, 0.15) is 128 Å². The summed E-state index contributed by atoms with van der Waals surface area (Å²) in [6, 6.07) is 51.5. The van der Waals surface area contributed by atoms with Gasteiger partial charge in [-0.25, -0.2) is 26.9 Å². The van der Waals surface area contributed by atoms with Crippen molar-refractivity contribution in [2.45, 2.75) is 119 Å². The van der Waals surface area contributed by atoms with E-state index in [0.717, 1.165) is 85.0 Å². The Kier molecular flexibility index (Phi) is 15.9. The van der Waals surface area contributed by atoms with Gasteiger partial charge in [0.2, 0.25) is 5.82 Å². The molecule has 0 amide bonds. The fourth-order valence-corrected chi connectivity index (χ4v) is 11.3. The number of hydrogen-bond acceptors (Lipinski definition) is 4. The van der Waals surface area contributed by atoms with Gasteiger partial charge in [0.25, 0.3) is 0 Å². The SMILES string of the molecule is CCc1cccc(CC)c1-c1cc(Oc2[c-]c3c(cc2)c2ccccc2n3-c2cc(C(C)(C)C)ccn2)[c-]c(N2[CH-]N(c3c(-c4cc(C(C)C)cc(C(C)C)c4)cc(C(C)(C)C)cc3-c3c(F)c(F)c(F)c(F)c3F)c3ccccc32)c1.[Pt]. The third kappa shape index (κ3) is 10.7. The van der Waals surface area contributed by atoms with Crippen LogP contribution in [0.25, 0.3) is 61.0 Å². The fraction of sp³-hybridized carbons (Fsp3) is 0.250. The van der Waals surface area contributed by atoms with Crippen LogP contribution in [0.5, 0.6) is 11.5 Å². The van der Waals surface area contributed by atoms with Crippen molar-refractivity contribution < 1.29 is 47.8 Å². The number of para-hydroxylation sites is 3. The van der Waals surface area contributed by atoms with Gasteiger partial charge < -0.3 is 19.1 Å². The number of pyridine rings is 1. The molecule has 0 radical (unpaired) electrons. The van der Waals surface area contributed by atoms with Gasteiger partial charge in [0, 0.05) is 72.5 Å². The maximum absolute atomic E-state index is 16.8. The van der Waals surface area contributed by atoms with Gasteiger partial charge in [0.15, 0.2) is 23.3 Å². The number of ether oxygens (including phenoxy) is 1. The van der Waals surface area contributed by atoms with Gasteiger partial charge in [-0.3, -0.25) is 0 Å². The molecule has 428 valence electrons. The largest absolute Gasteiger partial charge is 0.509 e. The molecule has 0 saturated carbocycles. The average molecular weight is 1290 g/mol.